The molecule has 0 aromatic rings. The van der Waals surface area contributed by atoms with Gasteiger partial charge in [0.05, 0.1) is 24.3 Å². The standard InChI is InChI=1S/C20H26N4OS2Si/c1-14-15(2)20(26-8-9-27-20)19(12-23,13-24)18(10-21,11-22)16(14)25-28(6,7)17(3,4)5/h16H,8-9H2,1-7H3. The Labute approximate surface area is 177 Å². The molecule has 1 spiro atoms. The van der Waals surface area contributed by atoms with Crippen LogP contribution in [0.1, 0.15) is 34.6 Å². The minimum absolute atomic E-state index is 0.147. The van der Waals surface area contributed by atoms with Gasteiger partial charge in [0.1, 0.15) is 10.2 Å². The van der Waals surface area contributed by atoms with Gasteiger partial charge >= 0.3 is 0 Å². The highest BCUT2D eigenvalue weighted by Crippen LogP contribution is 2.69. The highest BCUT2D eigenvalue weighted by atomic mass is 32.2. The molecule has 0 aromatic heterocycles. The van der Waals surface area contributed by atoms with Crippen LogP contribution in [0.2, 0.25) is 18.1 Å². The van der Waals surface area contributed by atoms with Crippen molar-refractivity contribution in [2.45, 2.75) is 62.9 Å². The van der Waals surface area contributed by atoms with Crippen molar-refractivity contribution >= 4 is 31.8 Å². The van der Waals surface area contributed by atoms with Crippen LogP contribution < -0.4 is 0 Å². The van der Waals surface area contributed by atoms with E-state index in [4.69, 9.17) is 4.43 Å². The molecule has 148 valence electrons. The fraction of sp³-hybridized carbons (Fsp3) is 0.700. The molecular formula is C20H26N4OS2Si. The summed E-state index contributed by atoms with van der Waals surface area (Å²) in [5, 5.41) is 41.0. The Hall–Kier alpha value is -1.42. The van der Waals surface area contributed by atoms with E-state index in [-0.39, 0.29) is 5.04 Å². The van der Waals surface area contributed by atoms with Gasteiger partial charge in [-0.05, 0) is 43.1 Å². The van der Waals surface area contributed by atoms with Gasteiger partial charge in [0.25, 0.3) is 0 Å². The van der Waals surface area contributed by atoms with Crippen molar-refractivity contribution in [3.05, 3.63) is 11.1 Å². The Morgan fingerprint density at radius 1 is 0.964 bits per heavy atom. The molecule has 1 aliphatic heterocycles. The molecule has 8 heteroatoms. The molecule has 1 heterocycles. The van der Waals surface area contributed by atoms with Gasteiger partial charge in [0, 0.05) is 11.5 Å². The molecule has 2 rings (SSSR count). The summed E-state index contributed by atoms with van der Waals surface area (Å²) >= 11 is 3.01. The number of hydrogen-bond acceptors (Lipinski definition) is 7. The zero-order chi connectivity index (χ0) is 21.6. The summed E-state index contributed by atoms with van der Waals surface area (Å²) in [6, 6.07) is 8.54. The average Bonchev–Trinajstić information content (AvgIpc) is 3.13. The van der Waals surface area contributed by atoms with Gasteiger partial charge in [-0.15, -0.1) is 23.5 Å². The molecule has 0 bridgehead atoms. The summed E-state index contributed by atoms with van der Waals surface area (Å²) in [5.74, 6) is 1.53. The monoisotopic (exact) mass is 430 g/mol. The van der Waals surface area contributed by atoms with Crippen molar-refractivity contribution in [1.82, 2.24) is 0 Å². The average molecular weight is 431 g/mol. The molecule has 0 saturated carbocycles. The van der Waals surface area contributed by atoms with E-state index in [9.17, 15) is 21.0 Å². The maximum Gasteiger partial charge on any atom is 0.206 e. The molecule has 0 amide bonds. The second-order valence-corrected chi connectivity index (χ2v) is 16.5. The number of nitrogens with zero attached hydrogens (tertiary/aromatic N) is 4. The first-order valence-corrected chi connectivity index (χ1v) is 14.0. The third-order valence-electron chi connectivity index (χ3n) is 6.56. The quantitative estimate of drug-likeness (QED) is 0.450. The normalized spacial score (nSPS) is 25.5. The third-order valence-corrected chi connectivity index (χ3v) is 14.8. The second-order valence-electron chi connectivity index (χ2n) is 8.88. The minimum atomic E-state index is -2.39. The summed E-state index contributed by atoms with van der Waals surface area (Å²) in [7, 11) is -2.39. The van der Waals surface area contributed by atoms with E-state index in [1.165, 1.54) is 23.5 Å². The van der Waals surface area contributed by atoms with Gasteiger partial charge in [-0.3, -0.25) is 0 Å². The Kier molecular flexibility index (Phi) is 5.81. The van der Waals surface area contributed by atoms with Crippen LogP contribution in [-0.4, -0.2) is 30.0 Å². The molecule has 0 radical (unpaired) electrons. The summed E-state index contributed by atoms with van der Waals surface area (Å²) in [6.07, 6.45) is -0.907. The molecular weight excluding hydrogens is 404 g/mol. The first-order chi connectivity index (χ1) is 12.9. The van der Waals surface area contributed by atoms with Crippen LogP contribution in [0, 0.1) is 56.2 Å². The van der Waals surface area contributed by atoms with Gasteiger partial charge in [0.15, 0.2) is 8.32 Å². The van der Waals surface area contributed by atoms with Gasteiger partial charge < -0.3 is 4.43 Å². The summed E-state index contributed by atoms with van der Waals surface area (Å²) in [6.45, 7) is 14.2. The number of rotatable bonds is 2. The minimum Gasteiger partial charge on any atom is -0.407 e. The SMILES string of the molecule is CC1=C(C)C2(SCCS2)C(C#N)(C#N)C(C#N)(C#N)C1O[Si](C)(C)C(C)(C)C. The van der Waals surface area contributed by atoms with Gasteiger partial charge in [-0.25, -0.2) is 0 Å². The Morgan fingerprint density at radius 3 is 1.79 bits per heavy atom. The summed E-state index contributed by atoms with van der Waals surface area (Å²) < 4.78 is 5.67. The number of nitriles is 4. The van der Waals surface area contributed by atoms with Crippen molar-refractivity contribution in [2.24, 2.45) is 10.8 Å². The van der Waals surface area contributed by atoms with Crippen molar-refractivity contribution in [3.63, 3.8) is 0 Å². The largest absolute Gasteiger partial charge is 0.407 e. The van der Waals surface area contributed by atoms with Crippen LogP contribution >= 0.6 is 23.5 Å². The van der Waals surface area contributed by atoms with Gasteiger partial charge in [0.2, 0.25) is 10.8 Å². The van der Waals surface area contributed by atoms with E-state index in [2.05, 4.69) is 58.1 Å². The van der Waals surface area contributed by atoms with Gasteiger partial charge in [-0.2, -0.15) is 21.0 Å². The molecule has 2 aliphatic rings. The summed E-state index contributed by atoms with van der Waals surface area (Å²) in [5.41, 5.74) is -2.05. The number of hydrogen-bond donors (Lipinski definition) is 0. The lowest BCUT2D eigenvalue weighted by Gasteiger charge is -2.54. The highest BCUT2D eigenvalue weighted by molar-refractivity contribution is 8.21. The lowest BCUT2D eigenvalue weighted by atomic mass is 9.55. The van der Waals surface area contributed by atoms with Crippen LogP contribution in [0.5, 0.6) is 0 Å². The molecule has 1 unspecified atom stereocenters. The molecule has 5 nitrogen and oxygen atoms in total. The van der Waals surface area contributed by atoms with Crippen LogP contribution in [0.4, 0.5) is 0 Å². The van der Waals surface area contributed by atoms with Crippen molar-refractivity contribution in [1.29, 1.82) is 21.0 Å². The van der Waals surface area contributed by atoms with E-state index < -0.39 is 29.3 Å². The van der Waals surface area contributed by atoms with Crippen LogP contribution in [-0.2, 0) is 4.43 Å². The lowest BCUT2D eigenvalue weighted by molar-refractivity contribution is 0.0736. The molecule has 0 N–H and O–H groups in total. The van der Waals surface area contributed by atoms with Crippen molar-refractivity contribution in [3.8, 4) is 24.3 Å². The van der Waals surface area contributed by atoms with Crippen molar-refractivity contribution < 1.29 is 4.43 Å². The number of thioether (sulfide) groups is 2. The first kappa shape index (κ1) is 22.9. The Balaban J connectivity index is 2.90. The third kappa shape index (κ3) is 2.67. The van der Waals surface area contributed by atoms with E-state index in [0.717, 1.165) is 22.7 Å². The molecule has 0 aromatic carbocycles. The van der Waals surface area contributed by atoms with E-state index >= 15 is 0 Å². The fourth-order valence-electron chi connectivity index (χ4n) is 3.67. The molecule has 1 aliphatic carbocycles. The zero-order valence-electron chi connectivity index (χ0n) is 17.5. The Morgan fingerprint density at radius 2 is 1.43 bits per heavy atom. The molecule has 1 atom stereocenters. The molecule has 1 fully saturated rings. The highest BCUT2D eigenvalue weighted by Gasteiger charge is 2.75. The first-order valence-electron chi connectivity index (χ1n) is 9.15. The van der Waals surface area contributed by atoms with Gasteiger partial charge in [-0.1, -0.05) is 20.8 Å². The second kappa shape index (κ2) is 7.12. The smallest absolute Gasteiger partial charge is 0.206 e. The van der Waals surface area contributed by atoms with E-state index in [1.807, 2.05) is 13.8 Å². The topological polar surface area (TPSA) is 104 Å². The van der Waals surface area contributed by atoms with E-state index in [1.54, 1.807) is 0 Å². The lowest BCUT2D eigenvalue weighted by Crippen LogP contribution is -2.63. The maximum absolute atomic E-state index is 10.3. The zero-order valence-corrected chi connectivity index (χ0v) is 20.1. The predicted molar refractivity (Wildman–Crippen MR) is 115 cm³/mol. The Bertz CT molecular complexity index is 842. The fourth-order valence-corrected chi connectivity index (χ4v) is 8.73. The summed E-state index contributed by atoms with van der Waals surface area (Å²) in [4.78, 5) is 0. The van der Waals surface area contributed by atoms with E-state index in [0.29, 0.717) is 0 Å². The van der Waals surface area contributed by atoms with Crippen molar-refractivity contribution in [2.75, 3.05) is 11.5 Å². The van der Waals surface area contributed by atoms with Crippen LogP contribution in [0.15, 0.2) is 11.1 Å². The van der Waals surface area contributed by atoms with Crippen LogP contribution in [0.3, 0.4) is 0 Å². The molecule has 28 heavy (non-hydrogen) atoms. The molecule has 1 saturated heterocycles. The predicted octanol–water partition coefficient (Wildman–Crippen LogP) is 4.97. The van der Waals surface area contributed by atoms with Crippen LogP contribution in [0.25, 0.3) is 0 Å². The maximum atomic E-state index is 10.3.